The van der Waals surface area contributed by atoms with Crippen molar-refractivity contribution >= 4 is 68.6 Å². The largest absolute Gasteiger partial charge is 0.462 e. The van der Waals surface area contributed by atoms with E-state index in [9.17, 15) is 14.4 Å². The summed E-state index contributed by atoms with van der Waals surface area (Å²) in [6.45, 7) is 3.48. The molecular formula is C22H21N7O4S2. The number of anilines is 3. The molecule has 1 aromatic carbocycles. The molecule has 4 rings (SSSR count). The molecule has 0 aliphatic carbocycles. The zero-order valence-corrected chi connectivity index (χ0v) is 20.4. The van der Waals surface area contributed by atoms with Crippen LogP contribution in [-0.2, 0) is 9.53 Å². The summed E-state index contributed by atoms with van der Waals surface area (Å²) in [5.74, 6) is -1.16. The van der Waals surface area contributed by atoms with Gasteiger partial charge in [-0.05, 0) is 31.5 Å². The maximum Gasteiger partial charge on any atom is 0.341 e. The second-order valence-electron chi connectivity index (χ2n) is 7.14. The second kappa shape index (κ2) is 10.5. The molecular weight excluding hydrogens is 490 g/mol. The first-order valence-electron chi connectivity index (χ1n) is 10.4. The van der Waals surface area contributed by atoms with Crippen LogP contribution in [0.25, 0.3) is 11.2 Å². The number of esters is 1. The highest BCUT2D eigenvalue weighted by atomic mass is 32.2. The third kappa shape index (κ3) is 5.41. The summed E-state index contributed by atoms with van der Waals surface area (Å²) in [7, 11) is 0. The average molecular weight is 512 g/mol. The van der Waals surface area contributed by atoms with Gasteiger partial charge in [-0.2, -0.15) is 0 Å². The van der Waals surface area contributed by atoms with Gasteiger partial charge in [-0.25, -0.2) is 19.7 Å². The van der Waals surface area contributed by atoms with Crippen LogP contribution in [-0.4, -0.2) is 50.1 Å². The molecule has 0 saturated heterocycles. The predicted molar refractivity (Wildman–Crippen MR) is 135 cm³/mol. The molecule has 0 radical (unpaired) electrons. The molecule has 0 fully saturated rings. The maximum atomic E-state index is 12.9. The molecule has 0 bridgehead atoms. The lowest BCUT2D eigenvalue weighted by molar-refractivity contribution is -0.113. The highest BCUT2D eigenvalue weighted by Gasteiger charge is 2.27. The number of rotatable bonds is 8. The number of thiophene rings is 1. The monoisotopic (exact) mass is 511 g/mol. The van der Waals surface area contributed by atoms with Crippen LogP contribution in [0.3, 0.4) is 0 Å². The summed E-state index contributed by atoms with van der Waals surface area (Å²) in [4.78, 5) is 53.7. The highest BCUT2D eigenvalue weighted by Crippen LogP contribution is 2.34. The minimum atomic E-state index is -0.616. The average Bonchev–Trinajstić information content (AvgIpc) is 3.40. The van der Waals surface area contributed by atoms with Crippen molar-refractivity contribution in [3.8, 4) is 0 Å². The molecule has 0 aliphatic rings. The fraction of sp³-hybridized carbons (Fsp3) is 0.182. The number of nitrogens with zero attached hydrogens (tertiary/aromatic N) is 3. The van der Waals surface area contributed by atoms with Crippen molar-refractivity contribution < 1.29 is 19.1 Å². The standard InChI is InChI=1S/C22H21N7O4S2/c1-3-33-21(32)14-11(2)16(19(31)26-12-7-5-4-6-8-12)35-20(14)27-13(30)9-34-22-28-15-17(23)24-10-25-18(15)29-22/h4-8,10H,3,9H2,1-2H3,(H,26,31)(H,27,30)(H3,23,24,25,28,29). The van der Waals surface area contributed by atoms with Crippen molar-refractivity contribution in [2.75, 3.05) is 28.7 Å². The van der Waals surface area contributed by atoms with E-state index in [1.807, 2.05) is 6.07 Å². The predicted octanol–water partition coefficient (Wildman–Crippen LogP) is 3.46. The van der Waals surface area contributed by atoms with Gasteiger partial charge < -0.3 is 26.1 Å². The van der Waals surface area contributed by atoms with Gasteiger partial charge in [0.05, 0.1) is 22.8 Å². The molecule has 180 valence electrons. The van der Waals surface area contributed by atoms with Crippen molar-refractivity contribution in [2.24, 2.45) is 0 Å². The number of hydrogen-bond acceptors (Lipinski definition) is 10. The number of hydrogen-bond donors (Lipinski definition) is 4. The number of para-hydroxylation sites is 1. The van der Waals surface area contributed by atoms with Crippen molar-refractivity contribution in [2.45, 2.75) is 19.0 Å². The number of carbonyl (C=O) groups excluding carboxylic acids is 3. The fourth-order valence-corrected chi connectivity index (χ4v) is 4.94. The zero-order valence-electron chi connectivity index (χ0n) is 18.7. The van der Waals surface area contributed by atoms with Crippen LogP contribution in [0.15, 0.2) is 41.8 Å². The molecule has 3 aromatic heterocycles. The van der Waals surface area contributed by atoms with E-state index in [0.29, 0.717) is 32.4 Å². The minimum absolute atomic E-state index is 0.0160. The quantitative estimate of drug-likeness (QED) is 0.205. The Morgan fingerprint density at radius 2 is 1.94 bits per heavy atom. The van der Waals surface area contributed by atoms with Crippen LogP contribution in [0.5, 0.6) is 0 Å². The molecule has 13 heteroatoms. The van der Waals surface area contributed by atoms with Gasteiger partial charge in [-0.3, -0.25) is 9.59 Å². The molecule has 2 amide bonds. The number of imidazole rings is 1. The van der Waals surface area contributed by atoms with E-state index in [2.05, 4.69) is 30.6 Å². The number of ether oxygens (including phenoxy) is 1. The van der Waals surface area contributed by atoms with Crippen molar-refractivity contribution in [3.05, 3.63) is 52.7 Å². The molecule has 11 nitrogen and oxygen atoms in total. The molecule has 0 unspecified atom stereocenters. The van der Waals surface area contributed by atoms with E-state index >= 15 is 0 Å². The van der Waals surface area contributed by atoms with Gasteiger partial charge in [0.1, 0.15) is 16.8 Å². The summed E-state index contributed by atoms with van der Waals surface area (Å²) < 4.78 is 5.16. The van der Waals surface area contributed by atoms with Gasteiger partial charge in [0.25, 0.3) is 5.91 Å². The normalized spacial score (nSPS) is 10.8. The fourth-order valence-electron chi connectivity index (χ4n) is 3.17. The Bertz CT molecular complexity index is 1400. The zero-order chi connectivity index (χ0) is 24.9. The van der Waals surface area contributed by atoms with Crippen LogP contribution < -0.4 is 16.4 Å². The third-order valence-electron chi connectivity index (χ3n) is 4.75. The number of carbonyl (C=O) groups is 3. The molecule has 4 aromatic rings. The number of nitrogen functional groups attached to an aromatic ring is 1. The first-order chi connectivity index (χ1) is 16.9. The Kier molecular flexibility index (Phi) is 7.27. The number of nitrogens with two attached hydrogens (primary N) is 1. The third-order valence-corrected chi connectivity index (χ3v) is 6.83. The van der Waals surface area contributed by atoms with E-state index in [1.54, 1.807) is 38.1 Å². The summed E-state index contributed by atoms with van der Waals surface area (Å²) in [6.07, 6.45) is 1.31. The molecule has 5 N–H and O–H groups in total. The topological polar surface area (TPSA) is 165 Å². The highest BCUT2D eigenvalue weighted by molar-refractivity contribution is 7.99. The van der Waals surface area contributed by atoms with E-state index in [0.717, 1.165) is 23.1 Å². The Labute approximate surface area is 207 Å². The summed E-state index contributed by atoms with van der Waals surface area (Å²) >= 11 is 2.14. The summed E-state index contributed by atoms with van der Waals surface area (Å²) in [6, 6.07) is 8.94. The minimum Gasteiger partial charge on any atom is -0.462 e. The number of aromatic amines is 1. The summed E-state index contributed by atoms with van der Waals surface area (Å²) in [5.41, 5.74) is 7.88. The van der Waals surface area contributed by atoms with Crippen LogP contribution in [0, 0.1) is 6.92 Å². The van der Waals surface area contributed by atoms with Gasteiger partial charge in [-0.1, -0.05) is 30.0 Å². The molecule has 3 heterocycles. The molecule has 0 saturated carbocycles. The number of aromatic nitrogens is 4. The molecule has 0 spiro atoms. The molecule has 0 atom stereocenters. The van der Waals surface area contributed by atoms with Gasteiger partial charge in [0.15, 0.2) is 16.6 Å². The number of nitrogens with one attached hydrogen (secondary N) is 3. The van der Waals surface area contributed by atoms with Gasteiger partial charge in [-0.15, -0.1) is 11.3 Å². The number of fused-ring (bicyclic) bond motifs is 1. The Balaban J connectivity index is 1.52. The van der Waals surface area contributed by atoms with Crippen LogP contribution in [0.2, 0.25) is 0 Å². The molecule has 0 aliphatic heterocycles. The van der Waals surface area contributed by atoms with Gasteiger partial charge in [0, 0.05) is 5.69 Å². The lowest BCUT2D eigenvalue weighted by atomic mass is 10.1. The maximum absolute atomic E-state index is 12.9. The smallest absolute Gasteiger partial charge is 0.341 e. The van der Waals surface area contributed by atoms with Gasteiger partial charge >= 0.3 is 5.97 Å². The first-order valence-corrected chi connectivity index (χ1v) is 12.2. The van der Waals surface area contributed by atoms with Crippen molar-refractivity contribution in [3.63, 3.8) is 0 Å². The Morgan fingerprint density at radius 3 is 2.66 bits per heavy atom. The SMILES string of the molecule is CCOC(=O)c1c(NC(=O)CSc2nc3ncnc(N)c3[nH]2)sc(C(=O)Nc2ccccc2)c1C. The number of H-pyrrole nitrogens is 1. The Morgan fingerprint density at radius 1 is 1.17 bits per heavy atom. The van der Waals surface area contributed by atoms with Crippen LogP contribution in [0.4, 0.5) is 16.5 Å². The molecule has 35 heavy (non-hydrogen) atoms. The van der Waals surface area contributed by atoms with E-state index in [4.69, 9.17) is 10.5 Å². The lowest BCUT2D eigenvalue weighted by Crippen LogP contribution is -2.16. The van der Waals surface area contributed by atoms with E-state index in [-0.39, 0.29) is 34.6 Å². The van der Waals surface area contributed by atoms with E-state index in [1.165, 1.54) is 6.33 Å². The van der Waals surface area contributed by atoms with Crippen molar-refractivity contribution in [1.82, 2.24) is 19.9 Å². The number of amides is 2. The first kappa shape index (κ1) is 24.2. The van der Waals surface area contributed by atoms with Crippen molar-refractivity contribution in [1.29, 1.82) is 0 Å². The van der Waals surface area contributed by atoms with Crippen LogP contribution in [0.1, 0.15) is 32.5 Å². The summed E-state index contributed by atoms with van der Waals surface area (Å²) in [5, 5.41) is 6.21. The van der Waals surface area contributed by atoms with Crippen LogP contribution >= 0.6 is 23.1 Å². The Hall–Kier alpha value is -3.97. The number of benzene rings is 1. The lowest BCUT2D eigenvalue weighted by Gasteiger charge is -2.06. The number of thioether (sulfide) groups is 1. The second-order valence-corrected chi connectivity index (χ2v) is 9.12. The van der Waals surface area contributed by atoms with E-state index < -0.39 is 11.9 Å². The van der Waals surface area contributed by atoms with Gasteiger partial charge in [0.2, 0.25) is 5.91 Å².